The van der Waals surface area contributed by atoms with Crippen molar-refractivity contribution < 1.29 is 18.0 Å². The number of rotatable bonds is 2. The van der Waals surface area contributed by atoms with Crippen molar-refractivity contribution in [2.75, 3.05) is 5.32 Å². The van der Waals surface area contributed by atoms with Crippen LogP contribution in [0.2, 0.25) is 5.02 Å². The van der Waals surface area contributed by atoms with Crippen molar-refractivity contribution >= 4 is 23.2 Å². The highest BCUT2D eigenvalue weighted by Crippen LogP contribution is 2.33. The fourth-order valence-electron chi connectivity index (χ4n) is 1.44. The van der Waals surface area contributed by atoms with Gasteiger partial charge in [-0.05, 0) is 18.2 Å². The minimum Gasteiger partial charge on any atom is -0.319 e. The quantitative estimate of drug-likeness (QED) is 0.928. The number of hydrogen-bond acceptors (Lipinski definition) is 3. The number of nitrogens with zero attached hydrogens (tertiary/aromatic N) is 3. The van der Waals surface area contributed by atoms with E-state index in [4.69, 9.17) is 11.6 Å². The average molecular weight is 305 g/mol. The van der Waals surface area contributed by atoms with Crippen molar-refractivity contribution in [3.05, 3.63) is 40.7 Å². The second-order valence-electron chi connectivity index (χ2n) is 3.92. The monoisotopic (exact) mass is 304 g/mol. The van der Waals surface area contributed by atoms with E-state index >= 15 is 0 Å². The summed E-state index contributed by atoms with van der Waals surface area (Å²) in [7, 11) is 1.56. The summed E-state index contributed by atoms with van der Waals surface area (Å²) in [6.45, 7) is 0. The molecule has 1 aromatic carbocycles. The molecule has 0 saturated carbocycles. The van der Waals surface area contributed by atoms with Crippen LogP contribution in [-0.2, 0) is 13.2 Å². The van der Waals surface area contributed by atoms with E-state index in [1.807, 2.05) is 0 Å². The van der Waals surface area contributed by atoms with Gasteiger partial charge in [-0.15, -0.1) is 5.10 Å². The number of aromatic nitrogens is 3. The van der Waals surface area contributed by atoms with Crippen LogP contribution in [0.4, 0.5) is 18.9 Å². The third-order valence-electron chi connectivity index (χ3n) is 2.38. The molecule has 20 heavy (non-hydrogen) atoms. The van der Waals surface area contributed by atoms with Gasteiger partial charge < -0.3 is 5.32 Å². The second-order valence-corrected chi connectivity index (χ2v) is 4.33. The molecule has 0 unspecified atom stereocenters. The zero-order valence-corrected chi connectivity index (χ0v) is 10.8. The summed E-state index contributed by atoms with van der Waals surface area (Å²) >= 11 is 5.76. The van der Waals surface area contributed by atoms with Crippen molar-refractivity contribution in [2.24, 2.45) is 7.05 Å². The van der Waals surface area contributed by atoms with Gasteiger partial charge in [0, 0.05) is 7.05 Å². The van der Waals surface area contributed by atoms with Crippen molar-refractivity contribution in [1.82, 2.24) is 15.0 Å². The molecule has 1 amide bonds. The zero-order chi connectivity index (χ0) is 14.9. The van der Waals surface area contributed by atoms with E-state index in [9.17, 15) is 18.0 Å². The van der Waals surface area contributed by atoms with E-state index < -0.39 is 17.6 Å². The van der Waals surface area contributed by atoms with Gasteiger partial charge in [0.15, 0.2) is 5.69 Å². The average Bonchev–Trinajstić information content (AvgIpc) is 2.77. The van der Waals surface area contributed by atoms with Crippen LogP contribution in [0.3, 0.4) is 0 Å². The lowest BCUT2D eigenvalue weighted by Gasteiger charge is -2.10. The van der Waals surface area contributed by atoms with E-state index in [0.717, 1.165) is 18.2 Å². The number of benzene rings is 1. The number of carbonyl (C=O) groups excluding carboxylic acids is 1. The Morgan fingerprint density at radius 2 is 2.10 bits per heavy atom. The molecule has 0 aliphatic carbocycles. The highest BCUT2D eigenvalue weighted by Gasteiger charge is 2.31. The Morgan fingerprint density at radius 1 is 1.40 bits per heavy atom. The van der Waals surface area contributed by atoms with Gasteiger partial charge in [-0.3, -0.25) is 9.48 Å². The summed E-state index contributed by atoms with van der Waals surface area (Å²) in [6.07, 6.45) is -3.19. The standard InChI is InChI=1S/C11H8ClF3N4O/c1-19-5-9(17-18-19)10(20)16-8-4-6(11(13,14)15)2-3-7(8)12/h2-5H,1H3,(H,16,20). The van der Waals surface area contributed by atoms with Crippen LogP contribution in [0, 0.1) is 0 Å². The van der Waals surface area contributed by atoms with Crippen LogP contribution in [0.1, 0.15) is 16.1 Å². The van der Waals surface area contributed by atoms with Gasteiger partial charge in [-0.2, -0.15) is 13.2 Å². The number of nitrogens with one attached hydrogen (secondary N) is 1. The first kappa shape index (κ1) is 14.3. The molecule has 0 aliphatic rings. The Morgan fingerprint density at radius 3 is 2.65 bits per heavy atom. The molecular weight excluding hydrogens is 297 g/mol. The molecule has 1 heterocycles. The fourth-order valence-corrected chi connectivity index (χ4v) is 1.60. The molecule has 0 aliphatic heterocycles. The van der Waals surface area contributed by atoms with Gasteiger partial charge in [-0.25, -0.2) is 0 Å². The molecule has 2 rings (SSSR count). The largest absolute Gasteiger partial charge is 0.416 e. The summed E-state index contributed by atoms with van der Waals surface area (Å²) in [5.41, 5.74) is -1.07. The molecule has 9 heteroatoms. The Labute approximate surface area is 116 Å². The minimum absolute atomic E-state index is 0.00441. The summed E-state index contributed by atoms with van der Waals surface area (Å²) in [6, 6.07) is 2.66. The smallest absolute Gasteiger partial charge is 0.319 e. The SMILES string of the molecule is Cn1cc(C(=O)Nc2cc(C(F)(F)F)ccc2Cl)nn1. The topological polar surface area (TPSA) is 59.8 Å². The molecule has 5 nitrogen and oxygen atoms in total. The molecule has 0 saturated heterocycles. The third-order valence-corrected chi connectivity index (χ3v) is 2.71. The first-order valence-corrected chi connectivity index (χ1v) is 5.69. The van der Waals surface area contributed by atoms with Crippen molar-refractivity contribution in [2.45, 2.75) is 6.18 Å². The molecular formula is C11H8ClF3N4O. The molecule has 106 valence electrons. The van der Waals surface area contributed by atoms with E-state index in [-0.39, 0.29) is 16.4 Å². The first-order chi connectivity index (χ1) is 9.27. The van der Waals surface area contributed by atoms with Crippen LogP contribution in [0.5, 0.6) is 0 Å². The van der Waals surface area contributed by atoms with E-state index in [0.29, 0.717) is 0 Å². The van der Waals surface area contributed by atoms with Gasteiger partial charge in [0.2, 0.25) is 0 Å². The Kier molecular flexibility index (Phi) is 3.67. The zero-order valence-electron chi connectivity index (χ0n) is 10.1. The number of alkyl halides is 3. The number of amides is 1. The van der Waals surface area contributed by atoms with Gasteiger partial charge in [-0.1, -0.05) is 16.8 Å². The number of aryl methyl sites for hydroxylation is 1. The lowest BCUT2D eigenvalue weighted by atomic mass is 10.2. The summed E-state index contributed by atoms with van der Waals surface area (Å²) < 4.78 is 39.0. The normalized spacial score (nSPS) is 11.4. The highest BCUT2D eigenvalue weighted by atomic mass is 35.5. The maximum absolute atomic E-state index is 12.6. The lowest BCUT2D eigenvalue weighted by molar-refractivity contribution is -0.137. The van der Waals surface area contributed by atoms with E-state index in [2.05, 4.69) is 15.6 Å². The lowest BCUT2D eigenvalue weighted by Crippen LogP contribution is -2.14. The minimum atomic E-state index is -4.52. The molecule has 1 N–H and O–H groups in total. The molecule has 0 fully saturated rings. The van der Waals surface area contributed by atoms with Crippen LogP contribution in [-0.4, -0.2) is 20.9 Å². The van der Waals surface area contributed by atoms with E-state index in [1.54, 1.807) is 7.05 Å². The van der Waals surface area contributed by atoms with Gasteiger partial charge in [0.05, 0.1) is 22.5 Å². The summed E-state index contributed by atoms with van der Waals surface area (Å²) in [5, 5.41) is 9.36. The number of hydrogen-bond donors (Lipinski definition) is 1. The Balaban J connectivity index is 2.27. The molecule has 0 atom stereocenters. The molecule has 1 aromatic heterocycles. The van der Waals surface area contributed by atoms with Gasteiger partial charge in [0.1, 0.15) is 0 Å². The first-order valence-electron chi connectivity index (χ1n) is 5.32. The maximum atomic E-state index is 12.6. The maximum Gasteiger partial charge on any atom is 0.416 e. The Hall–Kier alpha value is -2.09. The highest BCUT2D eigenvalue weighted by molar-refractivity contribution is 6.33. The molecule has 0 spiro atoms. The van der Waals surface area contributed by atoms with Gasteiger partial charge in [0.25, 0.3) is 5.91 Å². The Bertz CT molecular complexity index is 653. The van der Waals surface area contributed by atoms with Crippen LogP contribution >= 0.6 is 11.6 Å². The predicted octanol–water partition coefficient (Wildman–Crippen LogP) is 2.74. The van der Waals surface area contributed by atoms with Crippen LogP contribution < -0.4 is 5.32 Å². The van der Waals surface area contributed by atoms with Gasteiger partial charge >= 0.3 is 6.18 Å². The third kappa shape index (κ3) is 3.08. The molecule has 0 radical (unpaired) electrons. The molecule has 2 aromatic rings. The fraction of sp³-hybridized carbons (Fsp3) is 0.182. The van der Waals surface area contributed by atoms with E-state index in [1.165, 1.54) is 10.9 Å². The van der Waals surface area contributed by atoms with Crippen molar-refractivity contribution in [1.29, 1.82) is 0 Å². The predicted molar refractivity (Wildman–Crippen MR) is 65.4 cm³/mol. The number of halogens is 4. The number of anilines is 1. The summed E-state index contributed by atoms with van der Waals surface area (Å²) in [4.78, 5) is 11.8. The van der Waals surface area contributed by atoms with Crippen LogP contribution in [0.15, 0.2) is 24.4 Å². The second kappa shape index (κ2) is 5.12. The van der Waals surface area contributed by atoms with Crippen molar-refractivity contribution in [3.63, 3.8) is 0 Å². The van der Waals surface area contributed by atoms with Crippen molar-refractivity contribution in [3.8, 4) is 0 Å². The molecule has 0 bridgehead atoms. The van der Waals surface area contributed by atoms with Crippen LogP contribution in [0.25, 0.3) is 0 Å². The number of carbonyl (C=O) groups is 1. The summed E-state index contributed by atoms with van der Waals surface area (Å²) in [5.74, 6) is -0.695.